The normalized spacial score (nSPS) is 16.7. The number of hydrogen-bond acceptors (Lipinski definition) is 4. The Labute approximate surface area is 151 Å². The molecule has 0 bridgehead atoms. The Morgan fingerprint density at radius 3 is 2.64 bits per heavy atom. The molecule has 0 spiro atoms. The van der Waals surface area contributed by atoms with E-state index in [0.717, 1.165) is 21.9 Å². The second-order valence-electron chi connectivity index (χ2n) is 6.30. The van der Waals surface area contributed by atoms with E-state index in [0.29, 0.717) is 5.92 Å². The van der Waals surface area contributed by atoms with Crippen LogP contribution in [0, 0.1) is 5.92 Å². The smallest absolute Gasteiger partial charge is 0.211 e. The molecule has 0 aliphatic heterocycles. The van der Waals surface area contributed by atoms with Gasteiger partial charge in [0.1, 0.15) is 5.69 Å². The highest BCUT2D eigenvalue weighted by Crippen LogP contribution is 2.24. The summed E-state index contributed by atoms with van der Waals surface area (Å²) in [5, 5.41) is 6.84. The van der Waals surface area contributed by atoms with Crippen molar-refractivity contribution < 1.29 is 4.42 Å². The van der Waals surface area contributed by atoms with Crippen molar-refractivity contribution in [1.29, 1.82) is 0 Å². The fourth-order valence-corrected chi connectivity index (χ4v) is 3.98. The minimum absolute atomic E-state index is 0.565. The Hall–Kier alpha value is -2.40. The van der Waals surface area contributed by atoms with Crippen molar-refractivity contribution >= 4 is 23.2 Å². The maximum absolute atomic E-state index is 5.59. The van der Waals surface area contributed by atoms with Crippen molar-refractivity contribution in [3.05, 3.63) is 58.9 Å². The quantitative estimate of drug-likeness (QED) is 0.576. The first-order valence-electron chi connectivity index (χ1n) is 8.79. The zero-order valence-electron chi connectivity index (χ0n) is 14.0. The third-order valence-electron chi connectivity index (χ3n) is 4.48. The number of thiazole rings is 1. The zero-order chi connectivity index (χ0) is 16.9. The van der Waals surface area contributed by atoms with Gasteiger partial charge in [0.25, 0.3) is 0 Å². The number of hydrogen-bond donors (Lipinski definition) is 0. The lowest BCUT2D eigenvalue weighted by atomic mass is 9.90. The predicted molar refractivity (Wildman–Crippen MR) is 102 cm³/mol. The molecule has 0 saturated heterocycles. The van der Waals surface area contributed by atoms with Crippen molar-refractivity contribution in [2.24, 2.45) is 16.0 Å². The Bertz CT molecular complexity index is 885. The topological polar surface area (TPSA) is 42.8 Å². The van der Waals surface area contributed by atoms with Gasteiger partial charge in [-0.15, -0.1) is 11.3 Å². The summed E-state index contributed by atoms with van der Waals surface area (Å²) < 4.78 is 7.49. The molecular formula is C20H21N3OS. The lowest BCUT2D eigenvalue weighted by molar-refractivity contribution is 0.443. The van der Waals surface area contributed by atoms with E-state index in [-0.39, 0.29) is 0 Å². The van der Waals surface area contributed by atoms with Crippen LogP contribution in [0.1, 0.15) is 32.1 Å². The van der Waals surface area contributed by atoms with E-state index >= 15 is 0 Å². The van der Waals surface area contributed by atoms with Crippen LogP contribution in [0.15, 0.2) is 68.6 Å². The standard InChI is InChI=1S/C20H21N3OS/c1-3-8-16(9-4-1)14-21-23-18(19-12-7-13-24-19)15-25-20(23)22-17-10-5-2-6-11-17/h2,5-7,10-16H,1,3-4,8-9H2. The van der Waals surface area contributed by atoms with Crippen LogP contribution in [0.2, 0.25) is 0 Å². The summed E-state index contributed by atoms with van der Waals surface area (Å²) in [7, 11) is 0. The van der Waals surface area contributed by atoms with Gasteiger partial charge in [-0.25, -0.2) is 9.67 Å². The van der Waals surface area contributed by atoms with Crippen LogP contribution in [0.4, 0.5) is 5.69 Å². The van der Waals surface area contributed by atoms with Gasteiger partial charge in [-0.05, 0) is 43.0 Å². The van der Waals surface area contributed by atoms with Crippen molar-refractivity contribution in [2.45, 2.75) is 32.1 Å². The molecule has 1 aromatic carbocycles. The molecule has 2 heterocycles. The number of rotatable bonds is 4. The Morgan fingerprint density at radius 1 is 1.04 bits per heavy atom. The molecule has 0 N–H and O–H groups in total. The molecule has 128 valence electrons. The number of para-hydroxylation sites is 1. The van der Waals surface area contributed by atoms with E-state index in [1.807, 2.05) is 47.1 Å². The molecule has 4 nitrogen and oxygen atoms in total. The second kappa shape index (κ2) is 7.66. The van der Waals surface area contributed by atoms with Gasteiger partial charge in [0.05, 0.1) is 12.0 Å². The fraction of sp³-hybridized carbons (Fsp3) is 0.300. The van der Waals surface area contributed by atoms with Crippen molar-refractivity contribution in [2.75, 3.05) is 0 Å². The highest BCUT2D eigenvalue weighted by molar-refractivity contribution is 7.07. The molecule has 0 amide bonds. The average Bonchev–Trinajstić information content (AvgIpc) is 3.31. The van der Waals surface area contributed by atoms with Crippen LogP contribution in [0.5, 0.6) is 0 Å². The lowest BCUT2D eigenvalue weighted by Crippen LogP contribution is -2.14. The Kier molecular flexibility index (Phi) is 4.93. The van der Waals surface area contributed by atoms with Crippen LogP contribution in [-0.2, 0) is 0 Å². The van der Waals surface area contributed by atoms with E-state index < -0.39 is 0 Å². The SMILES string of the molecule is C(=Nn1c(-c2ccco2)csc1=Nc1ccccc1)C1CCCCC1. The minimum atomic E-state index is 0.565. The van der Waals surface area contributed by atoms with Crippen LogP contribution in [0.3, 0.4) is 0 Å². The van der Waals surface area contributed by atoms with Gasteiger partial charge in [0.2, 0.25) is 4.80 Å². The Morgan fingerprint density at radius 2 is 1.88 bits per heavy atom. The highest BCUT2D eigenvalue weighted by Gasteiger charge is 2.13. The fourth-order valence-electron chi connectivity index (χ4n) is 3.14. The lowest BCUT2D eigenvalue weighted by Gasteiger charge is -2.16. The summed E-state index contributed by atoms with van der Waals surface area (Å²) in [6.45, 7) is 0. The van der Waals surface area contributed by atoms with Crippen LogP contribution >= 0.6 is 11.3 Å². The molecule has 0 atom stereocenters. The van der Waals surface area contributed by atoms with Crippen molar-refractivity contribution in [3.8, 4) is 11.5 Å². The van der Waals surface area contributed by atoms with Gasteiger partial charge < -0.3 is 4.42 Å². The maximum atomic E-state index is 5.59. The molecule has 0 unspecified atom stereocenters. The van der Waals surface area contributed by atoms with Crippen LogP contribution in [-0.4, -0.2) is 10.9 Å². The molecule has 25 heavy (non-hydrogen) atoms. The van der Waals surface area contributed by atoms with E-state index in [1.165, 1.54) is 32.1 Å². The van der Waals surface area contributed by atoms with E-state index in [2.05, 4.69) is 11.6 Å². The first kappa shape index (κ1) is 16.1. The van der Waals surface area contributed by atoms with Gasteiger partial charge in [0.15, 0.2) is 5.76 Å². The van der Waals surface area contributed by atoms with Crippen LogP contribution < -0.4 is 4.80 Å². The first-order chi connectivity index (χ1) is 12.4. The maximum Gasteiger partial charge on any atom is 0.211 e. The average molecular weight is 351 g/mol. The summed E-state index contributed by atoms with van der Waals surface area (Å²) in [4.78, 5) is 5.61. The summed E-state index contributed by atoms with van der Waals surface area (Å²) in [6.07, 6.45) is 10.2. The molecular weight excluding hydrogens is 330 g/mol. The van der Waals surface area contributed by atoms with Gasteiger partial charge in [-0.1, -0.05) is 37.5 Å². The number of nitrogens with zero attached hydrogens (tertiary/aromatic N) is 3. The van der Waals surface area contributed by atoms with Crippen LogP contribution in [0.25, 0.3) is 11.5 Å². The molecule has 4 rings (SSSR count). The van der Waals surface area contributed by atoms with Crippen molar-refractivity contribution in [1.82, 2.24) is 4.68 Å². The predicted octanol–water partition coefficient (Wildman–Crippen LogP) is 5.46. The van der Waals surface area contributed by atoms with Crippen molar-refractivity contribution in [3.63, 3.8) is 0 Å². The largest absolute Gasteiger partial charge is 0.463 e. The third kappa shape index (κ3) is 3.82. The molecule has 1 aliphatic rings. The number of aromatic nitrogens is 1. The molecule has 1 saturated carbocycles. The molecule has 2 aromatic heterocycles. The van der Waals surface area contributed by atoms with Gasteiger partial charge in [-0.3, -0.25) is 0 Å². The monoisotopic (exact) mass is 351 g/mol. The Balaban J connectivity index is 1.74. The summed E-state index contributed by atoms with van der Waals surface area (Å²) in [6, 6.07) is 13.8. The van der Waals surface area contributed by atoms with E-state index in [4.69, 9.17) is 14.5 Å². The summed E-state index contributed by atoms with van der Waals surface area (Å²) in [5.41, 5.74) is 1.87. The summed E-state index contributed by atoms with van der Waals surface area (Å²) in [5.74, 6) is 1.38. The molecule has 0 radical (unpaired) electrons. The van der Waals surface area contributed by atoms with E-state index in [1.54, 1.807) is 17.6 Å². The highest BCUT2D eigenvalue weighted by atomic mass is 32.1. The third-order valence-corrected chi connectivity index (χ3v) is 5.30. The molecule has 5 heteroatoms. The van der Waals surface area contributed by atoms with Gasteiger partial charge in [0, 0.05) is 11.6 Å². The first-order valence-corrected chi connectivity index (χ1v) is 9.67. The summed E-state index contributed by atoms with van der Waals surface area (Å²) >= 11 is 1.58. The molecule has 1 aliphatic carbocycles. The zero-order valence-corrected chi connectivity index (χ0v) is 14.9. The van der Waals surface area contributed by atoms with E-state index in [9.17, 15) is 0 Å². The minimum Gasteiger partial charge on any atom is -0.463 e. The van der Waals surface area contributed by atoms with Gasteiger partial charge >= 0.3 is 0 Å². The molecule has 3 aromatic rings. The number of furan rings is 1. The molecule has 1 fully saturated rings. The second-order valence-corrected chi connectivity index (χ2v) is 7.14. The number of benzene rings is 1. The van der Waals surface area contributed by atoms with Gasteiger partial charge in [-0.2, -0.15) is 5.10 Å².